The molecule has 0 bridgehead atoms. The molecule has 0 spiro atoms. The van der Waals surface area contributed by atoms with E-state index in [4.69, 9.17) is 10.7 Å². The molecule has 0 radical (unpaired) electrons. The molecule has 1 aromatic rings. The average Bonchev–Trinajstić information content (AvgIpc) is 2.25. The number of halogens is 1. The molecule has 0 saturated heterocycles. The van der Waals surface area contributed by atoms with E-state index in [0.29, 0.717) is 17.7 Å². The van der Waals surface area contributed by atoms with Gasteiger partial charge in [-0.3, -0.25) is 0 Å². The van der Waals surface area contributed by atoms with Gasteiger partial charge in [0.25, 0.3) is 9.05 Å². The second-order valence-corrected chi connectivity index (χ2v) is 6.24. The van der Waals surface area contributed by atoms with Crippen LogP contribution in [0.25, 0.3) is 0 Å². The molecule has 0 unspecified atom stereocenters. The number of hydrogen-bond acceptors (Lipinski definition) is 2. The van der Waals surface area contributed by atoms with Crippen LogP contribution in [0.1, 0.15) is 37.5 Å². The van der Waals surface area contributed by atoms with Gasteiger partial charge >= 0.3 is 0 Å². The Hall–Kier alpha value is -0.540. The minimum absolute atomic E-state index is 0.316. The van der Waals surface area contributed by atoms with Crippen molar-refractivity contribution >= 4 is 19.7 Å². The van der Waals surface area contributed by atoms with E-state index in [1.165, 1.54) is 0 Å². The van der Waals surface area contributed by atoms with E-state index in [0.717, 1.165) is 23.1 Å². The molecule has 0 aliphatic heterocycles. The summed E-state index contributed by atoms with van der Waals surface area (Å²) in [7, 11) is 1.85. The van der Waals surface area contributed by atoms with Gasteiger partial charge in [0.2, 0.25) is 0 Å². The molecule has 0 amide bonds. The van der Waals surface area contributed by atoms with Crippen LogP contribution in [0.5, 0.6) is 0 Å². The van der Waals surface area contributed by atoms with Crippen molar-refractivity contribution in [1.82, 2.24) is 0 Å². The highest BCUT2D eigenvalue weighted by molar-refractivity contribution is 8.13. The van der Waals surface area contributed by atoms with Crippen LogP contribution in [0.2, 0.25) is 0 Å². The highest BCUT2D eigenvalue weighted by Crippen LogP contribution is 2.27. The first-order valence-corrected chi connectivity index (χ1v) is 7.84. The number of hydrogen-bond donors (Lipinski definition) is 0. The topological polar surface area (TPSA) is 34.1 Å². The van der Waals surface area contributed by atoms with E-state index in [1.54, 1.807) is 0 Å². The summed E-state index contributed by atoms with van der Waals surface area (Å²) in [6.07, 6.45) is 2.27. The largest absolute Gasteiger partial charge is 0.261 e. The van der Waals surface area contributed by atoms with Crippen molar-refractivity contribution in [2.75, 3.05) is 0 Å². The Kier molecular flexibility index (Phi) is 4.39. The van der Waals surface area contributed by atoms with E-state index < -0.39 is 9.05 Å². The Morgan fingerprint density at radius 3 is 1.69 bits per heavy atom. The summed E-state index contributed by atoms with van der Waals surface area (Å²) in [5, 5.41) is 0. The minimum Gasteiger partial charge on any atom is -0.207 e. The zero-order valence-electron chi connectivity index (χ0n) is 9.88. The van der Waals surface area contributed by atoms with Gasteiger partial charge in [0.1, 0.15) is 0 Å². The van der Waals surface area contributed by atoms with Crippen LogP contribution in [-0.4, -0.2) is 8.42 Å². The SMILES string of the molecule is CCc1cc(CC)c(S(=O)(=O)Cl)c(CC)c1. The molecule has 2 nitrogen and oxygen atoms in total. The molecule has 1 aromatic carbocycles. The van der Waals surface area contributed by atoms with Crippen molar-refractivity contribution in [3.05, 3.63) is 28.8 Å². The van der Waals surface area contributed by atoms with Gasteiger partial charge in [-0.25, -0.2) is 8.42 Å². The van der Waals surface area contributed by atoms with Gasteiger partial charge in [0, 0.05) is 10.7 Å². The smallest absolute Gasteiger partial charge is 0.207 e. The first-order chi connectivity index (χ1) is 7.43. The average molecular weight is 261 g/mol. The van der Waals surface area contributed by atoms with E-state index in [1.807, 2.05) is 26.0 Å². The fourth-order valence-corrected chi connectivity index (χ4v) is 3.50. The Balaban J connectivity index is 3.57. The maximum atomic E-state index is 11.6. The van der Waals surface area contributed by atoms with Crippen molar-refractivity contribution in [2.45, 2.75) is 44.9 Å². The zero-order valence-corrected chi connectivity index (χ0v) is 11.5. The highest BCUT2D eigenvalue weighted by atomic mass is 35.7. The molecule has 0 fully saturated rings. The first kappa shape index (κ1) is 13.5. The predicted molar refractivity (Wildman–Crippen MR) is 67.6 cm³/mol. The minimum atomic E-state index is -3.64. The van der Waals surface area contributed by atoms with Crippen LogP contribution >= 0.6 is 10.7 Å². The van der Waals surface area contributed by atoms with Crippen LogP contribution in [0.15, 0.2) is 17.0 Å². The fourth-order valence-electron chi connectivity index (χ4n) is 1.87. The molecule has 0 aliphatic carbocycles. The zero-order chi connectivity index (χ0) is 12.3. The third-order valence-electron chi connectivity index (χ3n) is 2.72. The van der Waals surface area contributed by atoms with E-state index in [9.17, 15) is 8.42 Å². The molecule has 0 aliphatic rings. The van der Waals surface area contributed by atoms with Gasteiger partial charge in [-0.1, -0.05) is 32.9 Å². The summed E-state index contributed by atoms with van der Waals surface area (Å²) in [5.41, 5.74) is 2.81. The van der Waals surface area contributed by atoms with E-state index in [2.05, 4.69) is 6.92 Å². The van der Waals surface area contributed by atoms with Crippen molar-refractivity contribution in [3.63, 3.8) is 0 Å². The monoisotopic (exact) mass is 260 g/mol. The third-order valence-corrected chi connectivity index (χ3v) is 4.19. The van der Waals surface area contributed by atoms with Crippen LogP contribution in [0.4, 0.5) is 0 Å². The molecule has 16 heavy (non-hydrogen) atoms. The fraction of sp³-hybridized carbons (Fsp3) is 0.500. The maximum absolute atomic E-state index is 11.6. The Labute approximate surface area is 102 Å². The van der Waals surface area contributed by atoms with Gasteiger partial charge in [-0.2, -0.15) is 0 Å². The van der Waals surface area contributed by atoms with Crippen LogP contribution in [0, 0.1) is 0 Å². The molecule has 0 aromatic heterocycles. The van der Waals surface area contributed by atoms with Gasteiger partial charge in [-0.15, -0.1) is 0 Å². The Morgan fingerprint density at radius 1 is 1.00 bits per heavy atom. The van der Waals surface area contributed by atoms with Crippen molar-refractivity contribution in [1.29, 1.82) is 0 Å². The maximum Gasteiger partial charge on any atom is 0.261 e. The van der Waals surface area contributed by atoms with Gasteiger partial charge in [0.05, 0.1) is 4.90 Å². The molecule has 0 atom stereocenters. The quantitative estimate of drug-likeness (QED) is 0.779. The van der Waals surface area contributed by atoms with Crippen LogP contribution in [0.3, 0.4) is 0 Å². The number of benzene rings is 1. The van der Waals surface area contributed by atoms with Gasteiger partial charge < -0.3 is 0 Å². The predicted octanol–water partition coefficient (Wildman–Crippen LogP) is 3.30. The molecule has 0 N–H and O–H groups in total. The molecular formula is C12H17ClO2S. The molecule has 0 saturated carbocycles. The van der Waals surface area contributed by atoms with Gasteiger partial charge in [0.15, 0.2) is 0 Å². The number of aryl methyl sites for hydroxylation is 3. The first-order valence-electron chi connectivity index (χ1n) is 5.53. The van der Waals surface area contributed by atoms with E-state index in [-0.39, 0.29) is 0 Å². The summed E-state index contributed by atoms with van der Waals surface area (Å²) >= 11 is 0. The summed E-state index contributed by atoms with van der Waals surface area (Å²) in [6, 6.07) is 3.88. The van der Waals surface area contributed by atoms with Crippen molar-refractivity contribution in [3.8, 4) is 0 Å². The summed E-state index contributed by atoms with van der Waals surface area (Å²) < 4.78 is 23.1. The normalized spacial score (nSPS) is 11.8. The second kappa shape index (κ2) is 5.19. The van der Waals surface area contributed by atoms with E-state index >= 15 is 0 Å². The van der Waals surface area contributed by atoms with Gasteiger partial charge in [-0.05, 0) is 36.0 Å². The lowest BCUT2D eigenvalue weighted by atomic mass is 10.0. The summed E-state index contributed by atoms with van der Waals surface area (Å²) in [5.74, 6) is 0. The third kappa shape index (κ3) is 2.77. The number of rotatable bonds is 4. The lowest BCUT2D eigenvalue weighted by Crippen LogP contribution is -2.04. The van der Waals surface area contributed by atoms with Crippen molar-refractivity contribution < 1.29 is 8.42 Å². The van der Waals surface area contributed by atoms with Crippen LogP contribution < -0.4 is 0 Å². The van der Waals surface area contributed by atoms with Crippen LogP contribution in [-0.2, 0) is 28.3 Å². The highest BCUT2D eigenvalue weighted by Gasteiger charge is 2.19. The standard InChI is InChI=1S/C12H17ClO2S/c1-4-9-7-10(5-2)12(16(13,14)15)11(6-3)8-9/h7-8H,4-6H2,1-3H3. The summed E-state index contributed by atoms with van der Waals surface area (Å²) in [4.78, 5) is 0.316. The lowest BCUT2D eigenvalue weighted by molar-refractivity contribution is 0.607. The Morgan fingerprint density at radius 2 is 1.44 bits per heavy atom. The molecule has 0 heterocycles. The molecular weight excluding hydrogens is 244 g/mol. The second-order valence-electron chi connectivity index (χ2n) is 3.74. The molecule has 1 rings (SSSR count). The summed E-state index contributed by atoms with van der Waals surface area (Å²) in [6.45, 7) is 5.95. The lowest BCUT2D eigenvalue weighted by Gasteiger charge is -2.12. The molecule has 90 valence electrons. The van der Waals surface area contributed by atoms with Crippen molar-refractivity contribution in [2.24, 2.45) is 0 Å². The molecule has 4 heteroatoms. The Bertz CT molecular complexity index is 453.